The highest BCUT2D eigenvalue weighted by molar-refractivity contribution is 5.77. The summed E-state index contributed by atoms with van der Waals surface area (Å²) in [7, 11) is 6.73. The normalized spacial score (nSPS) is 46.8. The number of ether oxygens (including phenoxy) is 6. The number of rotatable bonds is 9. The number of hydrogen-bond acceptors (Lipinski definition) is 15. The number of cyclic esters (lactones) is 1. The van der Waals surface area contributed by atoms with E-state index < -0.39 is 96.0 Å². The van der Waals surface area contributed by atoms with Crippen molar-refractivity contribution in [2.24, 2.45) is 17.8 Å². The molecule has 3 aliphatic rings. The Balaban J connectivity index is 2.22. The summed E-state index contributed by atoms with van der Waals surface area (Å²) in [6, 6.07) is -1.11. The van der Waals surface area contributed by atoms with Crippen molar-refractivity contribution in [2.75, 3.05) is 41.3 Å². The molecule has 0 aromatic heterocycles. The molecule has 0 aromatic carbocycles. The predicted octanol–water partition coefficient (Wildman–Crippen LogP) is 1.02. The van der Waals surface area contributed by atoms with Crippen LogP contribution in [-0.2, 0) is 38.0 Å². The van der Waals surface area contributed by atoms with Crippen LogP contribution in [0.2, 0.25) is 0 Å². The maximum Gasteiger partial charge on any atom is 0.311 e. The van der Waals surface area contributed by atoms with E-state index in [1.54, 1.807) is 53.4 Å². The van der Waals surface area contributed by atoms with E-state index in [4.69, 9.17) is 28.4 Å². The number of hydrogen-bond donors (Lipinski definition) is 6. The fourth-order valence-electron chi connectivity index (χ4n) is 9.08. The molecule has 16 nitrogen and oxygen atoms in total. The van der Waals surface area contributed by atoms with Crippen LogP contribution in [0.1, 0.15) is 94.9 Å². The van der Waals surface area contributed by atoms with E-state index in [1.807, 2.05) is 32.8 Å². The van der Waals surface area contributed by atoms with Crippen LogP contribution in [0.15, 0.2) is 0 Å². The van der Waals surface area contributed by atoms with Gasteiger partial charge in [0, 0.05) is 45.1 Å². The minimum Gasteiger partial charge on any atom is -0.459 e. The average molecular weight is 806 g/mol. The first kappa shape index (κ1) is 48.8. The molecule has 0 spiro atoms. The maximum atomic E-state index is 14.3. The quantitative estimate of drug-likeness (QED) is 0.180. The number of methoxy groups -OCH3 is 1. The van der Waals surface area contributed by atoms with E-state index in [9.17, 15) is 35.1 Å². The van der Waals surface area contributed by atoms with Crippen molar-refractivity contribution in [2.45, 2.75) is 185 Å². The number of nitrogens with one attached hydrogen (secondary N) is 1. The highest BCUT2D eigenvalue weighted by Gasteiger charge is 2.53. The zero-order valence-corrected chi connectivity index (χ0v) is 36.3. The van der Waals surface area contributed by atoms with Crippen LogP contribution < -0.4 is 5.32 Å². The summed E-state index contributed by atoms with van der Waals surface area (Å²) in [6.07, 6.45) is -9.15. The van der Waals surface area contributed by atoms with Crippen LogP contribution in [0.4, 0.5) is 0 Å². The van der Waals surface area contributed by atoms with E-state index in [-0.39, 0.29) is 56.3 Å². The van der Waals surface area contributed by atoms with Crippen molar-refractivity contribution in [1.82, 2.24) is 15.1 Å². The average Bonchev–Trinajstić information content (AvgIpc) is 3.12. The second-order valence-corrected chi connectivity index (χ2v) is 17.8. The molecule has 3 fully saturated rings. The molecule has 0 bridgehead atoms. The molecule has 0 aliphatic carbocycles. The van der Waals surface area contributed by atoms with Crippen molar-refractivity contribution in [3.8, 4) is 0 Å². The smallest absolute Gasteiger partial charge is 0.311 e. The molecule has 3 rings (SSSR count). The van der Waals surface area contributed by atoms with E-state index >= 15 is 0 Å². The van der Waals surface area contributed by atoms with Gasteiger partial charge < -0.3 is 64.2 Å². The molecule has 1 amide bonds. The number of aliphatic hydroxyl groups excluding tert-OH is 3. The fourth-order valence-corrected chi connectivity index (χ4v) is 9.08. The van der Waals surface area contributed by atoms with Crippen LogP contribution in [0.25, 0.3) is 0 Å². The molecule has 16 heteroatoms. The number of aliphatic hydroxyl groups is 5. The first-order valence-electron chi connectivity index (χ1n) is 20.3. The third kappa shape index (κ3) is 11.2. The van der Waals surface area contributed by atoms with Crippen LogP contribution >= 0.6 is 0 Å². The van der Waals surface area contributed by atoms with Gasteiger partial charge in [0.1, 0.15) is 30.0 Å². The molecule has 0 radical (unpaired) electrons. The van der Waals surface area contributed by atoms with Crippen molar-refractivity contribution in [1.29, 1.82) is 0 Å². The van der Waals surface area contributed by atoms with Gasteiger partial charge in [-0.05, 0) is 87.7 Å². The van der Waals surface area contributed by atoms with Gasteiger partial charge in [0.05, 0.1) is 48.1 Å². The van der Waals surface area contributed by atoms with Crippen molar-refractivity contribution < 1.29 is 63.5 Å². The fraction of sp³-hybridized carbons (Fsp3) is 0.950. The monoisotopic (exact) mass is 806 g/mol. The topological polar surface area (TPSA) is 209 Å². The van der Waals surface area contributed by atoms with Crippen LogP contribution in [-0.4, -0.2) is 179 Å². The molecule has 0 unspecified atom stereocenters. The third-order valence-corrected chi connectivity index (χ3v) is 12.7. The minimum atomic E-state index is -1.94. The van der Waals surface area contributed by atoms with Gasteiger partial charge in [-0.2, -0.15) is 0 Å². The first-order valence-corrected chi connectivity index (χ1v) is 20.3. The van der Waals surface area contributed by atoms with E-state index in [0.29, 0.717) is 6.42 Å². The summed E-state index contributed by atoms with van der Waals surface area (Å²) in [4.78, 5) is 30.7. The molecule has 0 saturated carbocycles. The molecule has 56 heavy (non-hydrogen) atoms. The number of likely N-dealkylation sites (N-methyl/N-ethyl adjacent to an activating group) is 2. The van der Waals surface area contributed by atoms with Crippen molar-refractivity contribution in [3.63, 3.8) is 0 Å². The first-order chi connectivity index (χ1) is 25.8. The Hall–Kier alpha value is -1.54. The molecule has 0 aromatic rings. The van der Waals surface area contributed by atoms with Crippen LogP contribution in [0.3, 0.4) is 0 Å². The zero-order valence-electron chi connectivity index (χ0n) is 36.3. The predicted molar refractivity (Wildman–Crippen MR) is 207 cm³/mol. The molecule has 328 valence electrons. The SMILES string of the molecule is CC[C@H]1OC(=O)[C@H](C)[C@@H](O[C@H]2C[C@@](C)(OC)[C@@H](O)[C@H](C)O2)[C@H](C)[C@@H](O[C@@H]2O[C@H](C)C[C@H](N(C)C)[C@H]2O)[C@](C)(O)C[C@@H](C)CN(CC(=O)NC)[C@H](C)[C@@H](O)[C@]1(C)O. The summed E-state index contributed by atoms with van der Waals surface area (Å²) in [6.45, 7) is 17.2. The van der Waals surface area contributed by atoms with E-state index in [2.05, 4.69) is 5.32 Å². The maximum absolute atomic E-state index is 14.3. The summed E-state index contributed by atoms with van der Waals surface area (Å²) in [5.74, 6) is -3.27. The molecular weight excluding hydrogens is 730 g/mol. The lowest BCUT2D eigenvalue weighted by Gasteiger charge is -2.48. The number of esters is 1. The Labute approximate surface area is 334 Å². The molecule has 3 heterocycles. The highest BCUT2D eigenvalue weighted by atomic mass is 16.7. The van der Waals surface area contributed by atoms with Gasteiger partial charge in [0.2, 0.25) is 5.91 Å². The number of amides is 1. The third-order valence-electron chi connectivity index (χ3n) is 12.7. The number of carbonyl (C=O) groups excluding carboxylic acids is 2. The Morgan fingerprint density at radius 3 is 2.16 bits per heavy atom. The van der Waals surface area contributed by atoms with Gasteiger partial charge in [0.25, 0.3) is 0 Å². The van der Waals surface area contributed by atoms with E-state index in [1.165, 1.54) is 21.1 Å². The second kappa shape index (κ2) is 19.7. The van der Waals surface area contributed by atoms with Gasteiger partial charge in [-0.3, -0.25) is 14.5 Å². The van der Waals surface area contributed by atoms with Crippen molar-refractivity contribution in [3.05, 3.63) is 0 Å². The number of nitrogens with zero attached hydrogens (tertiary/aromatic N) is 2. The van der Waals surface area contributed by atoms with Crippen LogP contribution in [0.5, 0.6) is 0 Å². The van der Waals surface area contributed by atoms with E-state index in [0.717, 1.165) is 0 Å². The van der Waals surface area contributed by atoms with Gasteiger partial charge >= 0.3 is 5.97 Å². The lowest BCUT2D eigenvalue weighted by atomic mass is 9.77. The van der Waals surface area contributed by atoms with Gasteiger partial charge in [-0.1, -0.05) is 20.8 Å². The minimum absolute atomic E-state index is 0.100. The Morgan fingerprint density at radius 1 is 0.982 bits per heavy atom. The second-order valence-electron chi connectivity index (χ2n) is 17.8. The lowest BCUT2D eigenvalue weighted by Crippen LogP contribution is -2.60. The summed E-state index contributed by atoms with van der Waals surface area (Å²) in [5.41, 5.74) is -4.67. The molecule has 3 saturated heterocycles. The van der Waals surface area contributed by atoms with Gasteiger partial charge in [0.15, 0.2) is 12.6 Å². The Kier molecular flexibility index (Phi) is 17.2. The molecule has 3 aliphatic heterocycles. The standard InChI is InChI=1S/C40H75N3O13/c1-15-28-40(10,50)33(46)25(6)43(20-29(44)41-11)19-21(2)17-38(8,49)35(56-37-31(45)27(42(12)13)16-22(3)52-37)23(4)32(24(5)36(48)54-28)55-30-18-39(9,51-14)34(47)26(7)53-30/h21-28,30-35,37,45-47,49-50H,15-20H2,1-14H3,(H,41,44)/t21-,22-,23+,24-,25-,26+,27+,28-,30+,31-,32+,33-,34+,35-,37+,38-,39-,40-/m1/s1. The largest absolute Gasteiger partial charge is 0.459 e. The Morgan fingerprint density at radius 2 is 1.61 bits per heavy atom. The van der Waals surface area contributed by atoms with Gasteiger partial charge in [-0.25, -0.2) is 0 Å². The highest BCUT2D eigenvalue weighted by Crippen LogP contribution is 2.40. The zero-order chi connectivity index (χ0) is 42.7. The molecular formula is C40H75N3O13. The molecule has 6 N–H and O–H groups in total. The Bertz CT molecular complexity index is 1270. The molecule has 18 atom stereocenters. The summed E-state index contributed by atoms with van der Waals surface area (Å²) in [5, 5.41) is 61.5. The van der Waals surface area contributed by atoms with Crippen LogP contribution in [0, 0.1) is 17.8 Å². The number of carbonyl (C=O) groups is 2. The van der Waals surface area contributed by atoms with Gasteiger partial charge in [-0.15, -0.1) is 0 Å². The summed E-state index contributed by atoms with van der Waals surface area (Å²) >= 11 is 0. The lowest BCUT2D eigenvalue weighted by molar-refractivity contribution is -0.318. The summed E-state index contributed by atoms with van der Waals surface area (Å²) < 4.78 is 37.6. The van der Waals surface area contributed by atoms with Crippen molar-refractivity contribution >= 4 is 11.9 Å².